The lowest BCUT2D eigenvalue weighted by molar-refractivity contribution is -0.121. The van der Waals surface area contributed by atoms with Crippen molar-refractivity contribution in [3.63, 3.8) is 0 Å². The van der Waals surface area contributed by atoms with Gasteiger partial charge in [-0.25, -0.2) is 4.39 Å². The second-order valence-electron chi connectivity index (χ2n) is 6.31. The van der Waals surface area contributed by atoms with Crippen LogP contribution in [0.3, 0.4) is 0 Å². The molecule has 1 amide bonds. The standard InChI is InChI=1S/C17H21FN4O2S/c1-11-8-22(9-12(2)24-11)10-15(23)19-17-21-20-16(25-17)7-13-4-3-5-14(18)6-13/h3-6,11-12H,7-10H2,1-2H3,(H,19,21,23)/t11-,12-/m1/s1. The Kier molecular flexibility index (Phi) is 5.72. The van der Waals surface area contributed by atoms with Gasteiger partial charge in [-0.2, -0.15) is 0 Å². The van der Waals surface area contributed by atoms with Gasteiger partial charge in [0, 0.05) is 19.5 Å². The summed E-state index contributed by atoms with van der Waals surface area (Å²) in [5.74, 6) is -0.390. The minimum Gasteiger partial charge on any atom is -0.373 e. The van der Waals surface area contributed by atoms with Gasteiger partial charge in [0.05, 0.1) is 18.8 Å². The van der Waals surface area contributed by atoms with Crippen LogP contribution in [0.5, 0.6) is 0 Å². The number of hydrogen-bond acceptors (Lipinski definition) is 6. The van der Waals surface area contributed by atoms with Gasteiger partial charge in [-0.1, -0.05) is 23.5 Å². The minimum atomic E-state index is -0.274. The summed E-state index contributed by atoms with van der Waals surface area (Å²) in [5, 5.41) is 12.0. The van der Waals surface area contributed by atoms with Gasteiger partial charge in [-0.3, -0.25) is 15.0 Å². The van der Waals surface area contributed by atoms with E-state index in [1.165, 1.54) is 23.5 Å². The maximum atomic E-state index is 13.2. The van der Waals surface area contributed by atoms with E-state index in [4.69, 9.17) is 4.74 Å². The molecule has 3 rings (SSSR count). The Morgan fingerprint density at radius 2 is 2.12 bits per heavy atom. The average Bonchev–Trinajstić information content (AvgIpc) is 2.92. The second kappa shape index (κ2) is 7.99. The molecular formula is C17H21FN4O2S. The zero-order chi connectivity index (χ0) is 17.8. The zero-order valence-electron chi connectivity index (χ0n) is 14.2. The van der Waals surface area contributed by atoms with Gasteiger partial charge in [0.25, 0.3) is 0 Å². The van der Waals surface area contributed by atoms with Gasteiger partial charge >= 0.3 is 0 Å². The first-order valence-electron chi connectivity index (χ1n) is 8.22. The Morgan fingerprint density at radius 3 is 2.84 bits per heavy atom. The van der Waals surface area contributed by atoms with E-state index in [0.717, 1.165) is 23.7 Å². The van der Waals surface area contributed by atoms with Gasteiger partial charge in [0.15, 0.2) is 0 Å². The molecule has 2 aromatic rings. The predicted molar refractivity (Wildman–Crippen MR) is 94.2 cm³/mol. The lowest BCUT2D eigenvalue weighted by Crippen LogP contribution is -2.48. The van der Waals surface area contributed by atoms with Crippen molar-refractivity contribution in [2.24, 2.45) is 0 Å². The van der Waals surface area contributed by atoms with E-state index >= 15 is 0 Å². The summed E-state index contributed by atoms with van der Waals surface area (Å²) >= 11 is 1.31. The van der Waals surface area contributed by atoms with Crippen LogP contribution in [0.25, 0.3) is 0 Å². The highest BCUT2D eigenvalue weighted by molar-refractivity contribution is 7.15. The number of nitrogens with one attached hydrogen (secondary N) is 1. The summed E-state index contributed by atoms with van der Waals surface area (Å²) in [4.78, 5) is 14.3. The third-order valence-corrected chi connectivity index (χ3v) is 4.66. The summed E-state index contributed by atoms with van der Waals surface area (Å²) in [6.07, 6.45) is 0.732. The number of nitrogens with zero attached hydrogens (tertiary/aromatic N) is 3. The van der Waals surface area contributed by atoms with E-state index in [1.54, 1.807) is 6.07 Å². The highest BCUT2D eigenvalue weighted by Crippen LogP contribution is 2.19. The Hall–Kier alpha value is -1.90. The normalized spacial score (nSPS) is 21.2. The van der Waals surface area contributed by atoms with Crippen molar-refractivity contribution in [1.29, 1.82) is 0 Å². The van der Waals surface area contributed by atoms with E-state index in [1.807, 2.05) is 19.9 Å². The molecule has 0 bridgehead atoms. The van der Waals surface area contributed by atoms with Crippen LogP contribution in [0.4, 0.5) is 9.52 Å². The molecule has 1 fully saturated rings. The predicted octanol–water partition coefficient (Wildman–Crippen LogP) is 2.32. The number of benzene rings is 1. The van der Waals surface area contributed by atoms with E-state index in [0.29, 0.717) is 18.1 Å². The van der Waals surface area contributed by atoms with Crippen LogP contribution >= 0.6 is 11.3 Å². The molecule has 1 aromatic heterocycles. The molecule has 2 atom stereocenters. The largest absolute Gasteiger partial charge is 0.373 e. The number of halogens is 1. The number of amides is 1. The number of ether oxygens (including phenoxy) is 1. The highest BCUT2D eigenvalue weighted by Gasteiger charge is 2.24. The first-order valence-corrected chi connectivity index (χ1v) is 9.04. The van der Waals surface area contributed by atoms with Gasteiger partial charge in [-0.15, -0.1) is 10.2 Å². The van der Waals surface area contributed by atoms with Crippen molar-refractivity contribution < 1.29 is 13.9 Å². The van der Waals surface area contributed by atoms with Crippen molar-refractivity contribution in [2.45, 2.75) is 32.5 Å². The molecule has 25 heavy (non-hydrogen) atoms. The van der Waals surface area contributed by atoms with Crippen LogP contribution < -0.4 is 5.32 Å². The van der Waals surface area contributed by atoms with Crippen LogP contribution in [0.2, 0.25) is 0 Å². The van der Waals surface area contributed by atoms with E-state index < -0.39 is 0 Å². The maximum Gasteiger partial charge on any atom is 0.240 e. The molecule has 1 aromatic carbocycles. The SMILES string of the molecule is C[C@@H]1CN(CC(=O)Nc2nnc(Cc3cccc(F)c3)s2)C[C@@H](C)O1. The molecule has 0 saturated carbocycles. The fourth-order valence-electron chi connectivity index (χ4n) is 2.97. The number of morpholine rings is 1. The van der Waals surface area contributed by atoms with Crippen molar-refractivity contribution >= 4 is 22.4 Å². The lowest BCUT2D eigenvalue weighted by Gasteiger charge is -2.34. The molecule has 2 heterocycles. The first kappa shape index (κ1) is 17.9. The Bertz CT molecular complexity index is 729. The summed E-state index contributed by atoms with van der Waals surface area (Å²) in [6, 6.07) is 6.38. The summed E-state index contributed by atoms with van der Waals surface area (Å²) in [7, 11) is 0. The Morgan fingerprint density at radius 1 is 1.36 bits per heavy atom. The van der Waals surface area contributed by atoms with Crippen LogP contribution in [0, 0.1) is 5.82 Å². The highest BCUT2D eigenvalue weighted by atomic mass is 32.1. The number of anilines is 1. The number of aromatic nitrogens is 2. The molecule has 1 aliphatic heterocycles. The van der Waals surface area contributed by atoms with Crippen molar-refractivity contribution in [3.05, 3.63) is 40.7 Å². The van der Waals surface area contributed by atoms with Crippen LogP contribution in [-0.2, 0) is 16.0 Å². The summed E-state index contributed by atoms with van der Waals surface area (Å²) < 4.78 is 18.9. The summed E-state index contributed by atoms with van der Waals surface area (Å²) in [6.45, 7) is 5.78. The lowest BCUT2D eigenvalue weighted by atomic mass is 10.1. The Labute approximate surface area is 150 Å². The van der Waals surface area contributed by atoms with Crippen LogP contribution in [0.1, 0.15) is 24.4 Å². The van der Waals surface area contributed by atoms with Crippen molar-refractivity contribution in [3.8, 4) is 0 Å². The van der Waals surface area contributed by atoms with Gasteiger partial charge in [-0.05, 0) is 31.5 Å². The molecule has 0 aliphatic carbocycles. The van der Waals surface area contributed by atoms with Crippen molar-refractivity contribution in [1.82, 2.24) is 15.1 Å². The number of carbonyl (C=O) groups is 1. The number of hydrogen-bond donors (Lipinski definition) is 1. The quantitative estimate of drug-likeness (QED) is 0.882. The molecule has 8 heteroatoms. The topological polar surface area (TPSA) is 67.4 Å². The third-order valence-electron chi connectivity index (χ3n) is 3.82. The number of carbonyl (C=O) groups excluding carboxylic acids is 1. The van der Waals surface area contributed by atoms with E-state index in [-0.39, 0.29) is 23.9 Å². The first-order chi connectivity index (χ1) is 12.0. The summed E-state index contributed by atoms with van der Waals surface area (Å²) in [5.41, 5.74) is 0.824. The maximum absolute atomic E-state index is 13.2. The Balaban J connectivity index is 1.53. The monoisotopic (exact) mass is 364 g/mol. The van der Waals surface area contributed by atoms with Gasteiger partial charge in [0.1, 0.15) is 10.8 Å². The van der Waals surface area contributed by atoms with Crippen molar-refractivity contribution in [2.75, 3.05) is 25.0 Å². The molecular weight excluding hydrogens is 343 g/mol. The van der Waals surface area contributed by atoms with Gasteiger partial charge < -0.3 is 4.74 Å². The van der Waals surface area contributed by atoms with E-state index in [9.17, 15) is 9.18 Å². The third kappa shape index (κ3) is 5.29. The molecule has 6 nitrogen and oxygen atoms in total. The van der Waals surface area contributed by atoms with E-state index in [2.05, 4.69) is 20.4 Å². The minimum absolute atomic E-state index is 0.116. The molecule has 1 aliphatic rings. The molecule has 0 spiro atoms. The average molecular weight is 364 g/mol. The van der Waals surface area contributed by atoms with Crippen LogP contribution in [0.15, 0.2) is 24.3 Å². The number of rotatable bonds is 5. The fraction of sp³-hybridized carbons (Fsp3) is 0.471. The molecule has 134 valence electrons. The smallest absolute Gasteiger partial charge is 0.240 e. The zero-order valence-corrected chi connectivity index (χ0v) is 15.1. The molecule has 0 radical (unpaired) electrons. The van der Waals surface area contributed by atoms with Gasteiger partial charge in [0.2, 0.25) is 11.0 Å². The molecule has 1 saturated heterocycles. The molecule has 1 N–H and O–H groups in total. The molecule has 0 unspecified atom stereocenters. The fourth-order valence-corrected chi connectivity index (χ4v) is 3.76. The van der Waals surface area contributed by atoms with Crippen LogP contribution in [-0.4, -0.2) is 52.8 Å². The second-order valence-corrected chi connectivity index (χ2v) is 7.37.